The van der Waals surface area contributed by atoms with Crippen LogP contribution in [0.2, 0.25) is 0 Å². The Morgan fingerprint density at radius 1 is 1.57 bits per heavy atom. The Hall–Kier alpha value is -1.03. The van der Waals surface area contributed by atoms with E-state index in [4.69, 9.17) is 5.11 Å². The van der Waals surface area contributed by atoms with E-state index >= 15 is 0 Å². The fourth-order valence-electron chi connectivity index (χ4n) is 1.83. The second kappa shape index (κ2) is 3.61. The lowest BCUT2D eigenvalue weighted by molar-refractivity contribution is 0.202. The van der Waals surface area contributed by atoms with Crippen molar-refractivity contribution in [2.24, 2.45) is 0 Å². The summed E-state index contributed by atoms with van der Waals surface area (Å²) in [6.45, 7) is 2.66. The van der Waals surface area contributed by atoms with Gasteiger partial charge in [-0.2, -0.15) is 0 Å². The summed E-state index contributed by atoms with van der Waals surface area (Å²) >= 11 is 1.72. The third-order valence-corrected chi connectivity index (χ3v) is 3.57. The van der Waals surface area contributed by atoms with Gasteiger partial charge in [-0.3, -0.25) is 4.90 Å². The highest BCUT2D eigenvalue weighted by Gasteiger charge is 2.21. The van der Waals surface area contributed by atoms with Crippen molar-refractivity contribution < 1.29 is 9.90 Å². The normalized spacial score (nSPS) is 16.2. The number of carbonyl (C=O) groups is 1. The number of rotatable bonds is 0. The highest BCUT2D eigenvalue weighted by molar-refractivity contribution is 7.12. The van der Waals surface area contributed by atoms with Gasteiger partial charge in [0, 0.05) is 16.3 Å². The minimum atomic E-state index is -0.828. The predicted molar refractivity (Wildman–Crippen MR) is 57.4 cm³/mol. The molecule has 4 heteroatoms. The Balaban J connectivity index is 2.40. The van der Waals surface area contributed by atoms with Crippen LogP contribution in [0, 0.1) is 6.92 Å². The Morgan fingerprint density at radius 3 is 3.07 bits per heavy atom. The van der Waals surface area contributed by atoms with Crippen LogP contribution in [0.15, 0.2) is 6.07 Å². The van der Waals surface area contributed by atoms with Crippen molar-refractivity contribution in [3.8, 4) is 0 Å². The number of amides is 1. The molecule has 0 atom stereocenters. The molecular formula is C10H13NO2S. The van der Waals surface area contributed by atoms with Crippen LogP contribution in [-0.2, 0) is 6.42 Å². The Kier molecular flexibility index (Phi) is 2.46. The maximum Gasteiger partial charge on any atom is 0.411 e. The smallest absolute Gasteiger partial charge is 0.411 e. The molecule has 0 unspecified atom stereocenters. The van der Waals surface area contributed by atoms with Crippen LogP contribution in [0.4, 0.5) is 10.5 Å². The van der Waals surface area contributed by atoms with E-state index in [9.17, 15) is 4.79 Å². The molecule has 1 aliphatic heterocycles. The van der Waals surface area contributed by atoms with Gasteiger partial charge < -0.3 is 5.11 Å². The number of nitrogens with zero attached hydrogens (tertiary/aromatic N) is 1. The zero-order valence-electron chi connectivity index (χ0n) is 8.12. The number of carboxylic acid groups (broad SMARTS) is 1. The molecule has 1 aliphatic rings. The molecule has 0 radical (unpaired) electrons. The molecule has 0 saturated carbocycles. The maximum atomic E-state index is 11.0. The molecule has 0 saturated heterocycles. The van der Waals surface area contributed by atoms with Crippen molar-refractivity contribution in [3.63, 3.8) is 0 Å². The van der Waals surface area contributed by atoms with Crippen LogP contribution in [0.3, 0.4) is 0 Å². The Labute approximate surface area is 87.0 Å². The summed E-state index contributed by atoms with van der Waals surface area (Å²) in [6, 6.07) is 1.99. The van der Waals surface area contributed by atoms with Crippen LogP contribution < -0.4 is 4.90 Å². The van der Waals surface area contributed by atoms with Gasteiger partial charge in [0.15, 0.2) is 0 Å². The van der Waals surface area contributed by atoms with E-state index in [1.165, 1.54) is 14.7 Å². The first-order chi connectivity index (χ1) is 6.68. The summed E-state index contributed by atoms with van der Waals surface area (Å²) in [5, 5.41) is 9.05. The van der Waals surface area contributed by atoms with Gasteiger partial charge in [0.1, 0.15) is 0 Å². The molecular weight excluding hydrogens is 198 g/mol. The lowest BCUT2D eigenvalue weighted by Crippen LogP contribution is -2.29. The summed E-state index contributed by atoms with van der Waals surface area (Å²) in [4.78, 5) is 14.9. The third-order valence-electron chi connectivity index (χ3n) is 2.47. The van der Waals surface area contributed by atoms with E-state index in [-0.39, 0.29) is 0 Å². The number of fused-ring (bicyclic) bond motifs is 1. The maximum absolute atomic E-state index is 11.0. The van der Waals surface area contributed by atoms with Crippen molar-refractivity contribution in [3.05, 3.63) is 15.8 Å². The lowest BCUT2D eigenvalue weighted by atomic mass is 10.2. The van der Waals surface area contributed by atoms with Gasteiger partial charge >= 0.3 is 6.09 Å². The van der Waals surface area contributed by atoms with Crippen LogP contribution in [-0.4, -0.2) is 17.7 Å². The van der Waals surface area contributed by atoms with E-state index in [0.717, 1.165) is 24.9 Å². The van der Waals surface area contributed by atoms with Crippen molar-refractivity contribution in [2.75, 3.05) is 11.4 Å². The summed E-state index contributed by atoms with van der Waals surface area (Å²) < 4.78 is 0. The molecule has 0 aromatic carbocycles. The molecule has 1 aromatic heterocycles. The minimum Gasteiger partial charge on any atom is -0.465 e. The molecule has 14 heavy (non-hydrogen) atoms. The van der Waals surface area contributed by atoms with Gasteiger partial charge in [-0.05, 0) is 32.3 Å². The van der Waals surface area contributed by atoms with Crippen LogP contribution in [0.25, 0.3) is 0 Å². The van der Waals surface area contributed by atoms with Gasteiger partial charge in [0.25, 0.3) is 0 Å². The van der Waals surface area contributed by atoms with Crippen molar-refractivity contribution in [1.29, 1.82) is 0 Å². The highest BCUT2D eigenvalue weighted by atomic mass is 32.1. The van der Waals surface area contributed by atoms with E-state index in [1.54, 1.807) is 11.3 Å². The number of aryl methyl sites for hydroxylation is 2. The summed E-state index contributed by atoms with van der Waals surface area (Å²) in [6.07, 6.45) is 2.26. The molecule has 1 aromatic rings. The molecule has 0 fully saturated rings. The third kappa shape index (κ3) is 1.62. The molecule has 1 amide bonds. The van der Waals surface area contributed by atoms with Crippen LogP contribution >= 0.6 is 11.3 Å². The molecule has 2 heterocycles. The van der Waals surface area contributed by atoms with Crippen molar-refractivity contribution in [2.45, 2.75) is 26.2 Å². The molecule has 2 rings (SSSR count). The average molecular weight is 211 g/mol. The van der Waals surface area contributed by atoms with Crippen molar-refractivity contribution >= 4 is 23.1 Å². The second-order valence-corrected chi connectivity index (χ2v) is 4.90. The topological polar surface area (TPSA) is 40.5 Å². The lowest BCUT2D eigenvalue weighted by Gasteiger charge is -2.16. The average Bonchev–Trinajstić information content (AvgIpc) is 2.35. The van der Waals surface area contributed by atoms with Gasteiger partial charge in [-0.1, -0.05) is 0 Å². The largest absolute Gasteiger partial charge is 0.465 e. The zero-order valence-corrected chi connectivity index (χ0v) is 8.93. The van der Waals surface area contributed by atoms with Crippen LogP contribution in [0.5, 0.6) is 0 Å². The monoisotopic (exact) mass is 211 g/mol. The standard InChI is InChI=1S/C10H13NO2S/c1-7-6-8-9(14-7)4-2-3-5-11(8)10(12)13/h6H,2-5H2,1H3,(H,12,13). The molecule has 0 bridgehead atoms. The predicted octanol–water partition coefficient (Wildman–Crippen LogP) is 2.88. The minimum absolute atomic E-state index is 0.637. The SMILES string of the molecule is Cc1cc2c(s1)CCCCN2C(=O)O. The first-order valence-corrected chi connectivity index (χ1v) is 5.60. The first-order valence-electron chi connectivity index (χ1n) is 4.78. The summed E-state index contributed by atoms with van der Waals surface area (Å²) in [7, 11) is 0. The highest BCUT2D eigenvalue weighted by Crippen LogP contribution is 2.33. The van der Waals surface area contributed by atoms with Crippen molar-refractivity contribution in [1.82, 2.24) is 0 Å². The fraction of sp³-hybridized carbons (Fsp3) is 0.500. The van der Waals surface area contributed by atoms with E-state index < -0.39 is 6.09 Å². The van der Waals surface area contributed by atoms with E-state index in [2.05, 4.69) is 0 Å². The number of hydrogen-bond acceptors (Lipinski definition) is 2. The number of hydrogen-bond donors (Lipinski definition) is 1. The number of thiophene rings is 1. The molecule has 0 aliphatic carbocycles. The van der Waals surface area contributed by atoms with Gasteiger partial charge in [0.2, 0.25) is 0 Å². The summed E-state index contributed by atoms with van der Waals surface area (Å²) in [5.74, 6) is 0. The summed E-state index contributed by atoms with van der Waals surface area (Å²) in [5.41, 5.74) is 0.914. The zero-order chi connectivity index (χ0) is 10.1. The quantitative estimate of drug-likeness (QED) is 0.716. The van der Waals surface area contributed by atoms with Crippen LogP contribution in [0.1, 0.15) is 22.6 Å². The van der Waals surface area contributed by atoms with Gasteiger partial charge in [0.05, 0.1) is 5.69 Å². The second-order valence-electron chi connectivity index (χ2n) is 3.56. The van der Waals surface area contributed by atoms with Gasteiger partial charge in [-0.25, -0.2) is 4.79 Å². The molecule has 76 valence electrons. The Bertz CT molecular complexity index is 359. The first kappa shape index (κ1) is 9.52. The molecule has 3 nitrogen and oxygen atoms in total. The molecule has 0 spiro atoms. The molecule has 1 N–H and O–H groups in total. The number of anilines is 1. The van der Waals surface area contributed by atoms with E-state index in [1.807, 2.05) is 13.0 Å². The van der Waals surface area contributed by atoms with Gasteiger partial charge in [-0.15, -0.1) is 11.3 Å². The Morgan fingerprint density at radius 2 is 2.36 bits per heavy atom. The fourth-order valence-corrected chi connectivity index (χ4v) is 2.91. The van der Waals surface area contributed by atoms with E-state index in [0.29, 0.717) is 6.54 Å².